The van der Waals surface area contributed by atoms with Crippen molar-refractivity contribution in [2.45, 2.75) is 52.4 Å². The van der Waals surface area contributed by atoms with Gasteiger partial charge in [0.25, 0.3) is 0 Å². The topological polar surface area (TPSA) is 115 Å². The Labute approximate surface area is 263 Å². The van der Waals surface area contributed by atoms with Crippen molar-refractivity contribution in [3.63, 3.8) is 0 Å². The van der Waals surface area contributed by atoms with Gasteiger partial charge in [0.1, 0.15) is 17.3 Å². The third-order valence-electron chi connectivity index (χ3n) is 7.71. The summed E-state index contributed by atoms with van der Waals surface area (Å²) in [4.78, 5) is 43.9. The van der Waals surface area contributed by atoms with E-state index in [4.69, 9.17) is 5.11 Å². The van der Waals surface area contributed by atoms with Crippen molar-refractivity contribution < 1.29 is 32.3 Å². The molecule has 0 bridgehead atoms. The predicted molar refractivity (Wildman–Crippen MR) is 164 cm³/mol. The molecule has 0 aliphatic carbocycles. The van der Waals surface area contributed by atoms with Gasteiger partial charge in [0.2, 0.25) is 0 Å². The summed E-state index contributed by atoms with van der Waals surface area (Å²) in [5.41, 5.74) is -0.574. The number of anilines is 2. The number of Topliss-reactive ketones (excluding diaryl/α,β-unsaturated/α-hetero) is 1. The Hall–Kier alpha value is -3.69. The van der Waals surface area contributed by atoms with Crippen LogP contribution in [0.4, 0.5) is 28.5 Å². The molecule has 15 heteroatoms. The highest BCUT2D eigenvalue weighted by atomic mass is 32.1. The first-order valence-electron chi connectivity index (χ1n) is 14.8. The van der Waals surface area contributed by atoms with E-state index in [2.05, 4.69) is 35.0 Å². The number of carboxylic acid groups (broad SMARTS) is 1. The lowest BCUT2D eigenvalue weighted by molar-refractivity contribution is -0.138. The van der Waals surface area contributed by atoms with Gasteiger partial charge in [-0.25, -0.2) is 19.3 Å². The van der Waals surface area contributed by atoms with Crippen LogP contribution in [0.5, 0.6) is 0 Å². The molecule has 2 N–H and O–H groups in total. The minimum Gasteiger partial charge on any atom is -0.481 e. The maximum Gasteiger partial charge on any atom is 0.416 e. The van der Waals surface area contributed by atoms with Crippen molar-refractivity contribution in [3.05, 3.63) is 52.5 Å². The highest BCUT2D eigenvalue weighted by molar-refractivity contribution is 7.16. The number of rotatable bonds is 14. The van der Waals surface area contributed by atoms with Crippen LogP contribution < -0.4 is 10.2 Å². The summed E-state index contributed by atoms with van der Waals surface area (Å²) < 4.78 is 54.4. The second-order valence-electron chi connectivity index (χ2n) is 10.8. The number of ketones is 1. The molecule has 2 aromatic heterocycles. The summed E-state index contributed by atoms with van der Waals surface area (Å²) in [7, 11) is 0. The van der Waals surface area contributed by atoms with Crippen molar-refractivity contribution in [1.29, 1.82) is 0 Å². The summed E-state index contributed by atoms with van der Waals surface area (Å²) in [5.74, 6) is -1.43. The quantitative estimate of drug-likeness (QED) is 0.177. The largest absolute Gasteiger partial charge is 0.481 e. The molecule has 0 amide bonds. The third-order valence-corrected chi connectivity index (χ3v) is 8.71. The molecule has 1 aromatic carbocycles. The minimum absolute atomic E-state index is 0.0382. The second kappa shape index (κ2) is 15.1. The number of aliphatic carboxylic acids is 1. The number of aromatic nitrogens is 3. The Morgan fingerprint density at radius 3 is 2.49 bits per heavy atom. The molecule has 3 heterocycles. The minimum atomic E-state index is -4.70. The van der Waals surface area contributed by atoms with Gasteiger partial charge in [-0.3, -0.25) is 19.4 Å². The second-order valence-corrected chi connectivity index (χ2v) is 11.9. The summed E-state index contributed by atoms with van der Waals surface area (Å²) in [5, 5.41) is 12.4. The first kappa shape index (κ1) is 34.2. The van der Waals surface area contributed by atoms with E-state index in [0.29, 0.717) is 67.7 Å². The van der Waals surface area contributed by atoms with Crippen LogP contribution in [0, 0.1) is 5.82 Å². The van der Waals surface area contributed by atoms with Crippen LogP contribution in [0.15, 0.2) is 30.6 Å². The van der Waals surface area contributed by atoms with Gasteiger partial charge in [0.15, 0.2) is 10.9 Å². The zero-order chi connectivity index (χ0) is 32.7. The fourth-order valence-electron chi connectivity index (χ4n) is 5.11. The third kappa shape index (κ3) is 9.17. The molecule has 1 atom stereocenters. The molecule has 244 valence electrons. The van der Waals surface area contributed by atoms with Crippen LogP contribution in [0.25, 0.3) is 11.3 Å². The van der Waals surface area contributed by atoms with Crippen molar-refractivity contribution in [2.24, 2.45) is 0 Å². The Morgan fingerprint density at radius 1 is 1.11 bits per heavy atom. The van der Waals surface area contributed by atoms with Crippen molar-refractivity contribution >= 4 is 34.0 Å². The average molecular weight is 652 g/mol. The van der Waals surface area contributed by atoms with Gasteiger partial charge in [-0.1, -0.05) is 13.8 Å². The smallest absolute Gasteiger partial charge is 0.416 e. The lowest BCUT2D eigenvalue weighted by atomic mass is 10.1. The molecule has 0 unspecified atom stereocenters. The van der Waals surface area contributed by atoms with Crippen molar-refractivity contribution in [1.82, 2.24) is 24.8 Å². The standard InChI is InChI=1S/C30H37F4N7O3S/c1-4-39(5-2)18-25-28(20-12-21(30(32,33)34)14-22(31)13-20)38-29(45-25)35-8-6-24(42)23-15-37-26(16-36-23)41-11-10-40(19(3)17-41)9-7-27(43)44/h12-16,19H,4-11,17-18H2,1-3H3,(H,35,38)(H,43,44)/t19-/m1/s1. The molecule has 3 aromatic rings. The summed E-state index contributed by atoms with van der Waals surface area (Å²) in [6.45, 7) is 10.5. The number of nitrogens with one attached hydrogen (secondary N) is 1. The number of hydrogen-bond donors (Lipinski definition) is 2. The molecule has 10 nitrogen and oxygen atoms in total. The van der Waals surface area contributed by atoms with Gasteiger partial charge >= 0.3 is 12.1 Å². The van der Waals surface area contributed by atoms with Crippen molar-refractivity contribution in [2.75, 3.05) is 56.0 Å². The van der Waals surface area contributed by atoms with Gasteiger partial charge in [0.05, 0.1) is 30.1 Å². The fraction of sp³-hybridized carbons (Fsp3) is 0.500. The van der Waals surface area contributed by atoms with E-state index in [1.54, 1.807) is 6.20 Å². The number of carboxylic acids is 1. The fourth-order valence-corrected chi connectivity index (χ4v) is 6.17. The maximum absolute atomic E-state index is 14.2. The van der Waals surface area contributed by atoms with Crippen LogP contribution in [0.2, 0.25) is 0 Å². The van der Waals surface area contributed by atoms with Gasteiger partial charge in [-0.05, 0) is 38.2 Å². The van der Waals surface area contributed by atoms with E-state index >= 15 is 0 Å². The first-order chi connectivity index (χ1) is 21.4. The van der Waals surface area contributed by atoms with Gasteiger partial charge < -0.3 is 15.3 Å². The molecule has 1 aliphatic heterocycles. The number of piperazine rings is 1. The van der Waals surface area contributed by atoms with E-state index < -0.39 is 23.5 Å². The number of carbonyl (C=O) groups excluding carboxylic acids is 1. The maximum atomic E-state index is 14.2. The lowest BCUT2D eigenvalue weighted by Gasteiger charge is -2.40. The number of halogens is 4. The van der Waals surface area contributed by atoms with Gasteiger partial charge in [-0.2, -0.15) is 13.2 Å². The number of nitrogens with zero attached hydrogens (tertiary/aromatic N) is 6. The Balaban J connectivity index is 1.39. The first-order valence-corrected chi connectivity index (χ1v) is 15.6. The zero-order valence-corrected chi connectivity index (χ0v) is 26.2. The molecular weight excluding hydrogens is 614 g/mol. The SMILES string of the molecule is CCN(CC)Cc1sc(NCCC(=O)c2cnc(N3CCN(CCC(=O)O)[C@H](C)C3)cn2)nc1-c1cc(F)cc(C(F)(F)F)c1. The number of thiazole rings is 1. The van der Waals surface area contributed by atoms with Crippen LogP contribution in [0.3, 0.4) is 0 Å². The van der Waals surface area contributed by atoms with E-state index in [-0.39, 0.29) is 48.2 Å². The number of carbonyl (C=O) groups is 2. The molecule has 1 saturated heterocycles. The molecule has 45 heavy (non-hydrogen) atoms. The van der Waals surface area contributed by atoms with Crippen LogP contribution in [-0.2, 0) is 17.5 Å². The van der Waals surface area contributed by atoms with E-state index in [9.17, 15) is 27.2 Å². The van der Waals surface area contributed by atoms with E-state index in [1.807, 2.05) is 20.8 Å². The lowest BCUT2D eigenvalue weighted by Crippen LogP contribution is -2.52. The molecule has 1 aliphatic rings. The molecule has 0 saturated carbocycles. The summed E-state index contributed by atoms with van der Waals surface area (Å²) in [6, 6.07) is 2.55. The highest BCUT2D eigenvalue weighted by Crippen LogP contribution is 2.37. The van der Waals surface area contributed by atoms with Gasteiger partial charge in [-0.15, -0.1) is 11.3 Å². The van der Waals surface area contributed by atoms with Crippen LogP contribution in [0.1, 0.15) is 54.5 Å². The van der Waals surface area contributed by atoms with E-state index in [1.165, 1.54) is 17.5 Å². The summed E-state index contributed by atoms with van der Waals surface area (Å²) in [6.07, 6.45) is -1.55. The normalized spacial score (nSPS) is 15.9. The Morgan fingerprint density at radius 2 is 1.87 bits per heavy atom. The molecule has 0 radical (unpaired) electrons. The van der Waals surface area contributed by atoms with Crippen LogP contribution >= 0.6 is 11.3 Å². The number of benzene rings is 1. The highest BCUT2D eigenvalue weighted by Gasteiger charge is 2.32. The predicted octanol–water partition coefficient (Wildman–Crippen LogP) is 5.27. The molecular formula is C30H37F4N7O3S. The Kier molecular flexibility index (Phi) is 11.4. The summed E-state index contributed by atoms with van der Waals surface area (Å²) >= 11 is 1.26. The molecule has 1 fully saturated rings. The molecule has 4 rings (SSSR count). The van der Waals surface area contributed by atoms with Crippen LogP contribution in [-0.4, -0.2) is 93.5 Å². The van der Waals surface area contributed by atoms with Gasteiger partial charge in [0, 0.05) is 62.2 Å². The molecule has 0 spiro atoms. The average Bonchev–Trinajstić information content (AvgIpc) is 3.40. The zero-order valence-electron chi connectivity index (χ0n) is 25.4. The van der Waals surface area contributed by atoms with Crippen molar-refractivity contribution in [3.8, 4) is 11.3 Å². The monoisotopic (exact) mass is 651 g/mol. The van der Waals surface area contributed by atoms with E-state index in [0.717, 1.165) is 12.1 Å². The number of alkyl halides is 3. The Bertz CT molecular complexity index is 1460. The number of hydrogen-bond acceptors (Lipinski definition) is 10.